The number of Topliss-reactive ketones (excluding diaryl/α,β-unsaturated/α-hetero) is 1. The molecule has 0 bridgehead atoms. The molecule has 74 valence electrons. The largest absolute Gasteiger partial charge is 0.468 e. The molecule has 1 aliphatic rings. The van der Waals surface area contributed by atoms with E-state index in [-0.39, 0.29) is 11.0 Å². The summed E-state index contributed by atoms with van der Waals surface area (Å²) in [6, 6.07) is 0. The van der Waals surface area contributed by atoms with Crippen molar-refractivity contribution >= 4 is 23.5 Å². The number of ketones is 1. The summed E-state index contributed by atoms with van der Waals surface area (Å²) in [7, 11) is 1.31. The van der Waals surface area contributed by atoms with Crippen LogP contribution >= 0.6 is 11.8 Å². The number of hydrogen-bond acceptors (Lipinski definition) is 4. The quantitative estimate of drug-likeness (QED) is 0.510. The van der Waals surface area contributed by atoms with E-state index in [2.05, 4.69) is 4.74 Å². The van der Waals surface area contributed by atoms with E-state index in [1.807, 2.05) is 0 Å². The third-order valence-corrected chi connectivity index (χ3v) is 3.62. The van der Waals surface area contributed by atoms with Crippen molar-refractivity contribution in [2.24, 2.45) is 5.92 Å². The first-order valence-corrected chi connectivity index (χ1v) is 5.45. The topological polar surface area (TPSA) is 43.4 Å². The van der Waals surface area contributed by atoms with E-state index in [1.165, 1.54) is 7.11 Å². The average molecular weight is 202 g/mol. The number of thioether (sulfide) groups is 1. The van der Waals surface area contributed by atoms with Crippen LogP contribution in [0.15, 0.2) is 0 Å². The van der Waals surface area contributed by atoms with Crippen LogP contribution < -0.4 is 0 Å². The fourth-order valence-corrected chi connectivity index (χ4v) is 2.69. The highest BCUT2D eigenvalue weighted by Crippen LogP contribution is 2.28. The fraction of sp³-hybridized carbons (Fsp3) is 0.778. The van der Waals surface area contributed by atoms with Crippen molar-refractivity contribution < 1.29 is 14.3 Å². The molecule has 0 aromatic carbocycles. The second-order valence-corrected chi connectivity index (χ2v) is 4.46. The highest BCUT2D eigenvalue weighted by atomic mass is 32.2. The Kier molecular flexibility index (Phi) is 3.78. The summed E-state index contributed by atoms with van der Waals surface area (Å²) in [6.07, 6.45) is 1.99. The van der Waals surface area contributed by atoms with Crippen molar-refractivity contribution in [3.63, 3.8) is 0 Å². The second kappa shape index (κ2) is 4.65. The van der Waals surface area contributed by atoms with E-state index in [0.29, 0.717) is 0 Å². The van der Waals surface area contributed by atoms with Crippen LogP contribution in [0.25, 0.3) is 0 Å². The van der Waals surface area contributed by atoms with Crippen LogP contribution in [-0.4, -0.2) is 29.9 Å². The van der Waals surface area contributed by atoms with Crippen LogP contribution in [0.4, 0.5) is 0 Å². The van der Waals surface area contributed by atoms with Crippen molar-refractivity contribution in [3.05, 3.63) is 0 Å². The van der Waals surface area contributed by atoms with Gasteiger partial charge in [0.2, 0.25) is 0 Å². The molecular weight excluding hydrogens is 188 g/mol. The number of carbonyl (C=O) groups is 2. The highest BCUT2D eigenvalue weighted by Gasteiger charge is 2.31. The average Bonchev–Trinajstić information content (AvgIpc) is 2.67. The van der Waals surface area contributed by atoms with Gasteiger partial charge in [-0.3, -0.25) is 9.59 Å². The first-order valence-electron chi connectivity index (χ1n) is 4.40. The Morgan fingerprint density at radius 1 is 1.54 bits per heavy atom. The molecule has 0 saturated carbocycles. The molecule has 2 atom stereocenters. The van der Waals surface area contributed by atoms with Crippen molar-refractivity contribution in [3.8, 4) is 0 Å². The maximum atomic E-state index is 11.6. The predicted molar refractivity (Wildman–Crippen MR) is 51.7 cm³/mol. The van der Waals surface area contributed by atoms with Crippen molar-refractivity contribution in [1.82, 2.24) is 0 Å². The second-order valence-electron chi connectivity index (χ2n) is 3.15. The monoisotopic (exact) mass is 202 g/mol. The van der Waals surface area contributed by atoms with Gasteiger partial charge in [0.25, 0.3) is 0 Å². The fourth-order valence-electron chi connectivity index (χ4n) is 1.37. The Morgan fingerprint density at radius 2 is 2.23 bits per heavy atom. The molecule has 4 heteroatoms. The minimum absolute atomic E-state index is 0.0223. The summed E-state index contributed by atoms with van der Waals surface area (Å²) in [5.41, 5.74) is 0. The van der Waals surface area contributed by atoms with E-state index in [9.17, 15) is 9.59 Å². The Labute approximate surface area is 82.2 Å². The number of hydrogen-bond donors (Lipinski definition) is 0. The molecule has 0 aromatic rings. The molecule has 3 nitrogen and oxygen atoms in total. The van der Waals surface area contributed by atoms with E-state index < -0.39 is 11.9 Å². The van der Waals surface area contributed by atoms with E-state index in [1.54, 1.807) is 18.7 Å². The number of methoxy groups -OCH3 is 1. The molecular formula is C9H14O3S. The Bertz CT molecular complexity index is 209. The van der Waals surface area contributed by atoms with Gasteiger partial charge in [0.05, 0.1) is 12.4 Å². The van der Waals surface area contributed by atoms with Crippen molar-refractivity contribution in [2.45, 2.75) is 25.0 Å². The number of ether oxygens (including phenoxy) is 1. The Morgan fingerprint density at radius 3 is 2.69 bits per heavy atom. The van der Waals surface area contributed by atoms with Crippen molar-refractivity contribution in [1.29, 1.82) is 0 Å². The molecule has 1 rings (SSSR count). The molecule has 1 heterocycles. The molecule has 1 fully saturated rings. The van der Waals surface area contributed by atoms with E-state index >= 15 is 0 Å². The van der Waals surface area contributed by atoms with Crippen LogP contribution in [-0.2, 0) is 14.3 Å². The normalized spacial score (nSPS) is 24.0. The third kappa shape index (κ3) is 2.46. The van der Waals surface area contributed by atoms with E-state index in [4.69, 9.17) is 0 Å². The minimum Gasteiger partial charge on any atom is -0.468 e. The zero-order chi connectivity index (χ0) is 9.84. The standard InChI is InChI=1S/C9H14O3S/c1-6(9(11)12-2)8(10)7-4-3-5-13-7/h6-7H,3-5H2,1-2H3. The summed E-state index contributed by atoms with van der Waals surface area (Å²) < 4.78 is 4.52. The lowest BCUT2D eigenvalue weighted by Crippen LogP contribution is -2.29. The number of esters is 1. The lowest BCUT2D eigenvalue weighted by Gasteiger charge is -2.12. The van der Waals surface area contributed by atoms with Gasteiger partial charge in [-0.05, 0) is 25.5 Å². The molecule has 1 saturated heterocycles. The molecule has 0 N–H and O–H groups in total. The lowest BCUT2D eigenvalue weighted by atomic mass is 10.0. The number of rotatable bonds is 3. The SMILES string of the molecule is COC(=O)C(C)C(=O)C1CCCS1. The van der Waals surface area contributed by atoms with Gasteiger partial charge in [-0.25, -0.2) is 0 Å². The third-order valence-electron chi connectivity index (χ3n) is 2.23. The van der Waals surface area contributed by atoms with Crippen molar-refractivity contribution in [2.75, 3.05) is 12.9 Å². The van der Waals surface area contributed by atoms with Gasteiger partial charge >= 0.3 is 5.97 Å². The van der Waals surface area contributed by atoms with Gasteiger partial charge in [0.15, 0.2) is 5.78 Å². The molecule has 0 aliphatic carbocycles. The first kappa shape index (κ1) is 10.6. The van der Waals surface area contributed by atoms with Crippen LogP contribution in [0.2, 0.25) is 0 Å². The predicted octanol–water partition coefficient (Wildman–Crippen LogP) is 1.26. The Balaban J connectivity index is 2.50. The molecule has 1 aliphatic heterocycles. The zero-order valence-corrected chi connectivity index (χ0v) is 8.73. The lowest BCUT2D eigenvalue weighted by molar-refractivity contribution is -0.148. The van der Waals surface area contributed by atoms with Crippen LogP contribution in [0.1, 0.15) is 19.8 Å². The summed E-state index contributed by atoms with van der Waals surface area (Å²) >= 11 is 1.65. The zero-order valence-electron chi connectivity index (χ0n) is 7.91. The maximum absolute atomic E-state index is 11.6. The Hall–Kier alpha value is -0.510. The van der Waals surface area contributed by atoms with Gasteiger partial charge in [-0.2, -0.15) is 11.8 Å². The molecule has 2 unspecified atom stereocenters. The maximum Gasteiger partial charge on any atom is 0.315 e. The number of carbonyl (C=O) groups excluding carboxylic acids is 2. The van der Waals surface area contributed by atoms with E-state index in [0.717, 1.165) is 18.6 Å². The summed E-state index contributed by atoms with van der Waals surface area (Å²) in [5.74, 6) is 0.0389. The van der Waals surface area contributed by atoms with Gasteiger partial charge in [0, 0.05) is 0 Å². The van der Waals surface area contributed by atoms with Crippen LogP contribution in [0.3, 0.4) is 0 Å². The first-order chi connectivity index (χ1) is 6.16. The summed E-state index contributed by atoms with van der Waals surface area (Å²) in [6.45, 7) is 1.62. The molecule has 0 radical (unpaired) electrons. The highest BCUT2D eigenvalue weighted by molar-refractivity contribution is 8.00. The summed E-state index contributed by atoms with van der Waals surface area (Å²) in [5, 5.41) is 0.0223. The molecule has 13 heavy (non-hydrogen) atoms. The summed E-state index contributed by atoms with van der Waals surface area (Å²) in [4.78, 5) is 22.7. The molecule has 0 aromatic heterocycles. The van der Waals surface area contributed by atoms with Gasteiger partial charge < -0.3 is 4.74 Å². The smallest absolute Gasteiger partial charge is 0.315 e. The molecule has 0 amide bonds. The van der Waals surface area contributed by atoms with Crippen LogP contribution in [0.5, 0.6) is 0 Å². The minimum atomic E-state index is -0.597. The van der Waals surface area contributed by atoms with Gasteiger partial charge in [-0.1, -0.05) is 0 Å². The molecule has 0 spiro atoms. The van der Waals surface area contributed by atoms with Gasteiger partial charge in [0.1, 0.15) is 5.92 Å². The van der Waals surface area contributed by atoms with Crippen LogP contribution in [0, 0.1) is 5.92 Å². The van der Waals surface area contributed by atoms with Gasteiger partial charge in [-0.15, -0.1) is 0 Å².